The van der Waals surface area contributed by atoms with Gasteiger partial charge in [-0.3, -0.25) is 14.4 Å². The summed E-state index contributed by atoms with van der Waals surface area (Å²) in [7, 11) is 6.05. The van der Waals surface area contributed by atoms with Gasteiger partial charge >= 0.3 is 0 Å². The van der Waals surface area contributed by atoms with Crippen molar-refractivity contribution in [3.8, 4) is 5.69 Å². The predicted molar refractivity (Wildman–Crippen MR) is 130 cm³/mol. The topological polar surface area (TPSA) is 42.1 Å². The first-order valence-electron chi connectivity index (χ1n) is 10.4. The van der Waals surface area contributed by atoms with E-state index in [9.17, 15) is 4.39 Å². The lowest BCUT2D eigenvalue weighted by Gasteiger charge is -2.22. The maximum Gasteiger partial charge on any atom is 0.203 e. The zero-order valence-electron chi connectivity index (χ0n) is 18.9. The molecule has 2 atom stereocenters. The summed E-state index contributed by atoms with van der Waals surface area (Å²) in [5.41, 5.74) is 1.82. The number of hydrogen-bond acceptors (Lipinski definition) is 6. The van der Waals surface area contributed by atoms with Gasteiger partial charge in [-0.1, -0.05) is 12.1 Å². The fourth-order valence-electron chi connectivity index (χ4n) is 3.44. The third-order valence-corrected chi connectivity index (χ3v) is 7.38. The summed E-state index contributed by atoms with van der Waals surface area (Å²) in [5, 5.41) is 5.93. The van der Waals surface area contributed by atoms with Crippen LogP contribution in [0.25, 0.3) is 15.9 Å². The van der Waals surface area contributed by atoms with Crippen molar-refractivity contribution in [1.82, 2.24) is 29.1 Å². The lowest BCUT2D eigenvalue weighted by Crippen LogP contribution is -2.26. The van der Waals surface area contributed by atoms with Crippen LogP contribution < -0.4 is 0 Å². The first-order valence-corrected chi connectivity index (χ1v) is 11.7. The summed E-state index contributed by atoms with van der Waals surface area (Å²) >= 11 is 7.53. The second-order valence-corrected chi connectivity index (χ2v) is 9.61. The summed E-state index contributed by atoms with van der Waals surface area (Å²) in [6, 6.07) is 14.7. The fraction of sp³-hybridized carbons (Fsp3) is 0.348. The molecule has 32 heavy (non-hydrogen) atoms. The van der Waals surface area contributed by atoms with Gasteiger partial charge in [-0.15, -0.1) is 11.3 Å². The molecule has 0 spiro atoms. The van der Waals surface area contributed by atoms with Gasteiger partial charge in [0, 0.05) is 5.69 Å². The Bertz CT molecular complexity index is 1240. The standard InChI is InChI=1S/C23H27FN6S2/c1-15(27(3)4)21-26-29(23(31)30(21)18-12-10-17(24)11-13-18)14-28(5)16(2)22-25-19-8-6-7-9-20(19)32-22/h6-13,15-16H,14H2,1-5H3. The highest BCUT2D eigenvalue weighted by Gasteiger charge is 2.22. The smallest absolute Gasteiger partial charge is 0.203 e. The predicted octanol–water partition coefficient (Wildman–Crippen LogP) is 5.43. The first-order chi connectivity index (χ1) is 15.3. The Balaban J connectivity index is 1.67. The van der Waals surface area contributed by atoms with E-state index in [1.807, 2.05) is 48.6 Å². The second-order valence-electron chi connectivity index (χ2n) is 8.19. The van der Waals surface area contributed by atoms with E-state index in [-0.39, 0.29) is 17.9 Å². The maximum atomic E-state index is 13.5. The summed E-state index contributed by atoms with van der Waals surface area (Å²) in [6.45, 7) is 4.73. The summed E-state index contributed by atoms with van der Waals surface area (Å²) in [4.78, 5) is 9.06. The molecular formula is C23H27FN6S2. The molecule has 4 aromatic rings. The highest BCUT2D eigenvalue weighted by molar-refractivity contribution is 7.71. The average molecular weight is 471 g/mol. The Morgan fingerprint density at radius 2 is 1.72 bits per heavy atom. The van der Waals surface area contributed by atoms with Gasteiger partial charge in [-0.05, 0) is 83.6 Å². The Morgan fingerprint density at radius 3 is 2.38 bits per heavy atom. The minimum atomic E-state index is -0.278. The fourth-order valence-corrected chi connectivity index (χ4v) is 4.82. The van der Waals surface area contributed by atoms with Crippen molar-refractivity contribution in [2.75, 3.05) is 21.1 Å². The monoisotopic (exact) mass is 470 g/mol. The van der Waals surface area contributed by atoms with Crippen LogP contribution >= 0.6 is 23.6 Å². The molecule has 0 aliphatic heterocycles. The van der Waals surface area contributed by atoms with Crippen molar-refractivity contribution < 1.29 is 4.39 Å². The Morgan fingerprint density at radius 1 is 1.03 bits per heavy atom. The molecule has 2 heterocycles. The van der Waals surface area contributed by atoms with Crippen molar-refractivity contribution in [2.24, 2.45) is 0 Å². The van der Waals surface area contributed by atoms with Gasteiger partial charge in [-0.25, -0.2) is 14.1 Å². The Labute approximate surface area is 196 Å². The molecule has 0 radical (unpaired) electrons. The average Bonchev–Trinajstić information content (AvgIpc) is 3.34. The highest BCUT2D eigenvalue weighted by Crippen LogP contribution is 2.29. The van der Waals surface area contributed by atoms with E-state index in [0.29, 0.717) is 11.4 Å². The molecule has 0 amide bonds. The largest absolute Gasteiger partial charge is 0.300 e. The number of halogens is 1. The molecule has 0 saturated carbocycles. The maximum absolute atomic E-state index is 13.5. The van der Waals surface area contributed by atoms with Crippen LogP contribution in [0, 0.1) is 10.6 Å². The summed E-state index contributed by atoms with van der Waals surface area (Å²) in [5.74, 6) is 0.534. The van der Waals surface area contributed by atoms with Crippen LogP contribution in [0.5, 0.6) is 0 Å². The highest BCUT2D eigenvalue weighted by atomic mass is 32.1. The molecule has 0 aliphatic carbocycles. The molecule has 0 saturated heterocycles. The van der Waals surface area contributed by atoms with Crippen LogP contribution in [0.4, 0.5) is 4.39 Å². The van der Waals surface area contributed by atoms with E-state index in [1.54, 1.807) is 23.5 Å². The zero-order valence-corrected chi connectivity index (χ0v) is 20.5. The molecule has 2 aromatic carbocycles. The van der Waals surface area contributed by atoms with E-state index >= 15 is 0 Å². The van der Waals surface area contributed by atoms with Gasteiger partial charge < -0.3 is 0 Å². The van der Waals surface area contributed by atoms with E-state index in [0.717, 1.165) is 22.0 Å². The Kier molecular flexibility index (Phi) is 6.52. The normalized spacial score (nSPS) is 13.9. The molecule has 2 aromatic heterocycles. The quantitative estimate of drug-likeness (QED) is 0.337. The van der Waals surface area contributed by atoms with E-state index in [2.05, 4.69) is 29.7 Å². The van der Waals surface area contributed by atoms with Crippen molar-refractivity contribution in [3.05, 3.63) is 70.0 Å². The van der Waals surface area contributed by atoms with Crippen LogP contribution in [0.2, 0.25) is 0 Å². The Hall–Kier alpha value is -2.46. The molecule has 168 valence electrons. The van der Waals surface area contributed by atoms with Crippen LogP contribution in [-0.4, -0.2) is 50.3 Å². The van der Waals surface area contributed by atoms with E-state index in [4.69, 9.17) is 22.3 Å². The molecule has 0 aliphatic rings. The number of fused-ring (bicyclic) bond motifs is 1. The van der Waals surface area contributed by atoms with Crippen LogP contribution in [0.3, 0.4) is 0 Å². The summed E-state index contributed by atoms with van der Waals surface area (Å²) in [6.07, 6.45) is 0. The minimum absolute atomic E-state index is 0.0231. The lowest BCUT2D eigenvalue weighted by atomic mass is 10.2. The third-order valence-electron chi connectivity index (χ3n) is 5.78. The van der Waals surface area contributed by atoms with Crippen molar-refractivity contribution >= 4 is 33.8 Å². The van der Waals surface area contributed by atoms with Gasteiger partial charge in [0.1, 0.15) is 10.8 Å². The number of rotatable bonds is 7. The van der Waals surface area contributed by atoms with Crippen LogP contribution in [0.1, 0.15) is 36.8 Å². The molecule has 0 N–H and O–H groups in total. The zero-order chi connectivity index (χ0) is 23.0. The van der Waals surface area contributed by atoms with Crippen molar-refractivity contribution in [2.45, 2.75) is 32.6 Å². The number of nitrogens with zero attached hydrogens (tertiary/aromatic N) is 6. The van der Waals surface area contributed by atoms with Gasteiger partial charge in [0.15, 0.2) is 5.82 Å². The first kappa shape index (κ1) is 22.7. The molecule has 4 rings (SSSR count). The van der Waals surface area contributed by atoms with Crippen molar-refractivity contribution in [1.29, 1.82) is 0 Å². The van der Waals surface area contributed by atoms with Gasteiger partial charge in [-0.2, -0.15) is 5.10 Å². The number of para-hydroxylation sites is 1. The molecule has 0 bridgehead atoms. The van der Waals surface area contributed by atoms with Gasteiger partial charge in [0.05, 0.1) is 29.0 Å². The van der Waals surface area contributed by atoms with Crippen LogP contribution in [0.15, 0.2) is 48.5 Å². The molecule has 2 unspecified atom stereocenters. The van der Waals surface area contributed by atoms with E-state index in [1.165, 1.54) is 16.8 Å². The number of benzene rings is 2. The summed E-state index contributed by atoms with van der Waals surface area (Å²) < 4.78 is 19.0. The van der Waals surface area contributed by atoms with Gasteiger partial charge in [0.25, 0.3) is 0 Å². The lowest BCUT2D eigenvalue weighted by molar-refractivity contribution is 0.193. The van der Waals surface area contributed by atoms with Gasteiger partial charge in [0.2, 0.25) is 4.77 Å². The minimum Gasteiger partial charge on any atom is -0.300 e. The number of thiazole rings is 1. The molecule has 6 nitrogen and oxygen atoms in total. The molecular weight excluding hydrogens is 443 g/mol. The van der Waals surface area contributed by atoms with E-state index < -0.39 is 0 Å². The number of hydrogen-bond donors (Lipinski definition) is 0. The van der Waals surface area contributed by atoms with Crippen molar-refractivity contribution in [3.63, 3.8) is 0 Å². The van der Waals surface area contributed by atoms with Crippen LogP contribution in [-0.2, 0) is 6.67 Å². The second kappa shape index (κ2) is 9.19. The molecule has 0 fully saturated rings. The third kappa shape index (κ3) is 4.38. The number of aromatic nitrogens is 4. The molecule has 9 heteroatoms. The SMILES string of the molecule is CC(c1nn(CN(C)C(C)c2nc3ccccc3s2)c(=S)n1-c1ccc(F)cc1)N(C)C.